The van der Waals surface area contributed by atoms with Gasteiger partial charge in [-0.1, -0.05) is 125 Å². The van der Waals surface area contributed by atoms with Crippen LogP contribution in [-0.2, 0) is 23.7 Å². The number of nitrogens with two attached hydrogens (primary N) is 2. The molecule has 4 N–H and O–H groups in total. The maximum atomic E-state index is 6.78. The smallest absolute Gasteiger partial charge is 0.0586 e. The van der Waals surface area contributed by atoms with E-state index in [1.54, 1.807) is 0 Å². The average molecular weight is 612 g/mol. The summed E-state index contributed by atoms with van der Waals surface area (Å²) < 4.78 is 0. The summed E-state index contributed by atoms with van der Waals surface area (Å²) in [6, 6.07) is 46.7. The fourth-order valence-electron chi connectivity index (χ4n) is 8.25. The first-order valence-corrected chi connectivity index (χ1v) is 16.7. The molecular formula is C44H41N3. The zero-order chi connectivity index (χ0) is 32.5. The SMILES string of the molecule is CC1(C)c2ccccc2-c2cc(N3c4ccccc4C(C)(C)c4ccccc43)ccc2CCc2c(ccc(N)c2N)-c2ccccc21. The second-order valence-electron chi connectivity index (χ2n) is 14.1. The van der Waals surface area contributed by atoms with Gasteiger partial charge in [-0.2, -0.15) is 0 Å². The number of rotatable bonds is 1. The minimum atomic E-state index is -0.299. The molecule has 2 aliphatic rings. The normalized spacial score (nSPS) is 15.5. The number of hydrogen-bond acceptors (Lipinski definition) is 3. The Morgan fingerprint density at radius 1 is 0.489 bits per heavy atom. The van der Waals surface area contributed by atoms with Crippen LogP contribution in [0.4, 0.5) is 28.4 Å². The van der Waals surface area contributed by atoms with Crippen LogP contribution in [0.25, 0.3) is 22.3 Å². The summed E-state index contributed by atoms with van der Waals surface area (Å²) >= 11 is 0. The predicted molar refractivity (Wildman–Crippen MR) is 199 cm³/mol. The molecule has 232 valence electrons. The number of hydrogen-bond donors (Lipinski definition) is 2. The van der Waals surface area contributed by atoms with Crippen molar-refractivity contribution >= 4 is 28.4 Å². The molecule has 47 heavy (non-hydrogen) atoms. The minimum Gasteiger partial charge on any atom is -0.397 e. The third-order valence-electron chi connectivity index (χ3n) is 10.8. The summed E-state index contributed by atoms with van der Waals surface area (Å²) in [5.41, 5.74) is 30.3. The molecule has 0 amide bonds. The fraction of sp³-hybridized carbons (Fsp3) is 0.182. The van der Waals surface area contributed by atoms with Gasteiger partial charge in [0.25, 0.3) is 0 Å². The molecule has 3 nitrogen and oxygen atoms in total. The van der Waals surface area contributed by atoms with E-state index in [1.807, 2.05) is 6.07 Å². The molecule has 0 radical (unpaired) electrons. The maximum absolute atomic E-state index is 6.78. The lowest BCUT2D eigenvalue weighted by Gasteiger charge is -2.42. The van der Waals surface area contributed by atoms with Crippen LogP contribution in [0.15, 0.2) is 127 Å². The molecule has 0 atom stereocenters. The van der Waals surface area contributed by atoms with Crippen molar-refractivity contribution in [2.24, 2.45) is 0 Å². The quantitative estimate of drug-likeness (QED) is 0.182. The number of para-hydroxylation sites is 2. The fourth-order valence-corrected chi connectivity index (χ4v) is 8.25. The molecule has 1 aliphatic heterocycles. The van der Waals surface area contributed by atoms with Crippen molar-refractivity contribution in [3.05, 3.63) is 161 Å². The molecular weight excluding hydrogens is 571 g/mol. The largest absolute Gasteiger partial charge is 0.397 e. The van der Waals surface area contributed by atoms with Crippen molar-refractivity contribution in [2.75, 3.05) is 16.4 Å². The van der Waals surface area contributed by atoms with Gasteiger partial charge in [0.05, 0.1) is 22.7 Å². The number of nitrogens with zero attached hydrogens (tertiary/aromatic N) is 1. The molecule has 0 unspecified atom stereocenters. The van der Waals surface area contributed by atoms with E-state index >= 15 is 0 Å². The van der Waals surface area contributed by atoms with Crippen LogP contribution < -0.4 is 16.4 Å². The second kappa shape index (κ2) is 10.6. The number of aryl methyl sites for hydroxylation is 1. The van der Waals surface area contributed by atoms with Crippen molar-refractivity contribution < 1.29 is 0 Å². The zero-order valence-electron chi connectivity index (χ0n) is 27.6. The average Bonchev–Trinajstić information content (AvgIpc) is 3.10. The highest BCUT2D eigenvalue weighted by atomic mass is 15.2. The van der Waals surface area contributed by atoms with Crippen molar-refractivity contribution in [1.82, 2.24) is 0 Å². The Balaban J connectivity index is 1.40. The molecule has 0 saturated carbocycles. The maximum Gasteiger partial charge on any atom is 0.0586 e. The molecule has 6 aromatic carbocycles. The van der Waals surface area contributed by atoms with Crippen molar-refractivity contribution in [2.45, 2.75) is 51.4 Å². The number of nitrogen functional groups attached to an aromatic ring is 2. The third-order valence-corrected chi connectivity index (χ3v) is 10.8. The van der Waals surface area contributed by atoms with Crippen LogP contribution in [0, 0.1) is 0 Å². The molecule has 1 aliphatic carbocycles. The molecule has 0 fully saturated rings. The first-order valence-electron chi connectivity index (χ1n) is 16.7. The van der Waals surface area contributed by atoms with Gasteiger partial charge in [0.1, 0.15) is 0 Å². The van der Waals surface area contributed by atoms with E-state index in [1.165, 1.54) is 61.4 Å². The topological polar surface area (TPSA) is 55.3 Å². The Labute approximate surface area is 278 Å². The summed E-state index contributed by atoms with van der Waals surface area (Å²) in [6.07, 6.45) is 1.63. The molecule has 0 aromatic heterocycles. The van der Waals surface area contributed by atoms with Crippen LogP contribution in [0.5, 0.6) is 0 Å². The van der Waals surface area contributed by atoms with E-state index in [0.29, 0.717) is 11.4 Å². The van der Waals surface area contributed by atoms with Crippen LogP contribution in [0.1, 0.15) is 61.1 Å². The van der Waals surface area contributed by atoms with Crippen molar-refractivity contribution in [3.8, 4) is 22.3 Å². The van der Waals surface area contributed by atoms with Crippen LogP contribution in [-0.4, -0.2) is 0 Å². The summed E-state index contributed by atoms with van der Waals surface area (Å²) in [6.45, 7) is 9.38. The molecule has 8 rings (SSSR count). The predicted octanol–water partition coefficient (Wildman–Crippen LogP) is 10.7. The van der Waals surface area contributed by atoms with E-state index in [9.17, 15) is 0 Å². The van der Waals surface area contributed by atoms with E-state index in [4.69, 9.17) is 11.5 Å². The highest BCUT2D eigenvalue weighted by molar-refractivity contribution is 5.89. The Hall–Kier alpha value is -5.28. The lowest BCUT2D eigenvalue weighted by Crippen LogP contribution is -2.30. The van der Waals surface area contributed by atoms with E-state index < -0.39 is 0 Å². The molecule has 6 aromatic rings. The monoisotopic (exact) mass is 611 g/mol. The number of fused-ring (bicyclic) bond motifs is 8. The van der Waals surface area contributed by atoms with Crippen molar-refractivity contribution in [1.29, 1.82) is 0 Å². The zero-order valence-corrected chi connectivity index (χ0v) is 27.6. The van der Waals surface area contributed by atoms with Gasteiger partial charge >= 0.3 is 0 Å². The molecule has 3 heteroatoms. The molecule has 0 spiro atoms. The molecule has 0 saturated heterocycles. The first kappa shape index (κ1) is 29.1. The summed E-state index contributed by atoms with van der Waals surface area (Å²) in [4.78, 5) is 2.46. The van der Waals surface area contributed by atoms with Gasteiger partial charge in [0.15, 0.2) is 0 Å². The van der Waals surface area contributed by atoms with Gasteiger partial charge in [-0.3, -0.25) is 0 Å². The Morgan fingerprint density at radius 3 is 1.62 bits per heavy atom. The standard InChI is InChI=1S/C44H41N3/c1-43(2)35-15-7-5-13-31(35)30-25-26-39(45)42(46)33(30)24-22-28-21-23-29(27-34(28)32-14-6-8-16-36(32)43)47-40-19-11-9-17-37(40)44(3,4)38-18-10-12-20-41(38)47/h5-21,23,25-27H,22,24,45-46H2,1-4H3. The summed E-state index contributed by atoms with van der Waals surface area (Å²) in [5.74, 6) is 0. The van der Waals surface area contributed by atoms with Gasteiger partial charge in [-0.05, 0) is 98.8 Å². The van der Waals surface area contributed by atoms with Gasteiger partial charge < -0.3 is 16.4 Å². The van der Waals surface area contributed by atoms with E-state index in [-0.39, 0.29) is 10.8 Å². The van der Waals surface area contributed by atoms with Gasteiger partial charge in [0.2, 0.25) is 0 Å². The molecule has 1 heterocycles. The van der Waals surface area contributed by atoms with Gasteiger partial charge in [-0.15, -0.1) is 0 Å². The van der Waals surface area contributed by atoms with Gasteiger partial charge in [-0.25, -0.2) is 0 Å². The third kappa shape index (κ3) is 4.41. The summed E-state index contributed by atoms with van der Waals surface area (Å²) in [7, 11) is 0. The van der Waals surface area contributed by atoms with Crippen LogP contribution in [0.3, 0.4) is 0 Å². The Morgan fingerprint density at radius 2 is 1.00 bits per heavy atom. The number of benzene rings is 6. The minimum absolute atomic E-state index is 0.110. The number of anilines is 5. The van der Waals surface area contributed by atoms with Gasteiger partial charge in [0, 0.05) is 16.5 Å². The Bertz CT molecular complexity index is 2140. The summed E-state index contributed by atoms with van der Waals surface area (Å²) in [5, 5.41) is 0. The lowest BCUT2D eigenvalue weighted by atomic mass is 9.72. The molecule has 0 bridgehead atoms. The van der Waals surface area contributed by atoms with E-state index in [0.717, 1.165) is 24.1 Å². The Kier molecular flexibility index (Phi) is 6.59. The van der Waals surface area contributed by atoms with Crippen LogP contribution >= 0.6 is 0 Å². The van der Waals surface area contributed by atoms with E-state index in [2.05, 4.69) is 154 Å². The second-order valence-corrected chi connectivity index (χ2v) is 14.1. The lowest BCUT2D eigenvalue weighted by molar-refractivity contribution is 0.632. The van der Waals surface area contributed by atoms with Crippen molar-refractivity contribution in [3.63, 3.8) is 0 Å². The highest BCUT2D eigenvalue weighted by Gasteiger charge is 2.37. The highest BCUT2D eigenvalue weighted by Crippen LogP contribution is 2.53. The first-order chi connectivity index (χ1) is 22.7. The van der Waals surface area contributed by atoms with Crippen LogP contribution in [0.2, 0.25) is 0 Å².